The summed E-state index contributed by atoms with van der Waals surface area (Å²) in [6, 6.07) is 7.48. The molecule has 0 aliphatic carbocycles. The van der Waals surface area contributed by atoms with Crippen molar-refractivity contribution in [1.82, 2.24) is 9.78 Å². The lowest BCUT2D eigenvalue weighted by Crippen LogP contribution is -2.29. The predicted molar refractivity (Wildman–Crippen MR) is 101 cm³/mol. The monoisotopic (exact) mass is 391 g/mol. The average Bonchev–Trinajstić information content (AvgIpc) is 3.07. The van der Waals surface area contributed by atoms with Crippen LogP contribution >= 0.6 is 23.4 Å². The van der Waals surface area contributed by atoms with E-state index >= 15 is 0 Å². The van der Waals surface area contributed by atoms with Crippen LogP contribution in [-0.4, -0.2) is 35.2 Å². The second-order valence-corrected chi connectivity index (χ2v) is 7.13. The highest BCUT2D eigenvalue weighted by atomic mass is 35.5. The number of nitriles is 1. The van der Waals surface area contributed by atoms with E-state index in [4.69, 9.17) is 22.1 Å². The zero-order chi connectivity index (χ0) is 18.7. The van der Waals surface area contributed by atoms with Crippen molar-refractivity contribution in [3.63, 3.8) is 0 Å². The highest BCUT2D eigenvalue weighted by molar-refractivity contribution is 7.98. The largest absolute Gasteiger partial charge is 0.379 e. The highest BCUT2D eigenvalue weighted by Crippen LogP contribution is 2.31. The van der Waals surface area contributed by atoms with Crippen molar-refractivity contribution in [2.75, 3.05) is 24.8 Å². The van der Waals surface area contributed by atoms with Gasteiger partial charge in [-0.1, -0.05) is 11.6 Å². The van der Waals surface area contributed by atoms with Crippen molar-refractivity contribution >= 4 is 40.8 Å². The Morgan fingerprint density at radius 2 is 2.38 bits per heavy atom. The van der Waals surface area contributed by atoms with Crippen molar-refractivity contribution in [3.8, 4) is 6.07 Å². The fourth-order valence-electron chi connectivity index (χ4n) is 2.84. The standard InChI is InChI=1S/C17H18ClN5O2S/c1-26-15-6-11(2-3-13(15)18)21-17-12(16(20)24)8-23(22-17)14-9-25-5-4-10(14)7-19/h2-3,6,8,10,14H,4-5,9H2,1H3,(H2,20,24)(H,21,22)/t10-,14+/m1/s1. The molecule has 1 amide bonds. The van der Waals surface area contributed by atoms with Crippen LogP contribution in [0, 0.1) is 17.2 Å². The fraction of sp³-hybridized carbons (Fsp3) is 0.353. The topological polar surface area (TPSA) is 106 Å². The Hall–Kier alpha value is -2.21. The first-order valence-electron chi connectivity index (χ1n) is 8.00. The molecule has 1 aliphatic rings. The second-order valence-electron chi connectivity index (χ2n) is 5.88. The number of primary amides is 1. The molecule has 0 bridgehead atoms. The summed E-state index contributed by atoms with van der Waals surface area (Å²) in [5, 5.41) is 17.6. The molecule has 0 saturated carbocycles. The van der Waals surface area contributed by atoms with E-state index in [2.05, 4.69) is 16.5 Å². The summed E-state index contributed by atoms with van der Waals surface area (Å²) in [5.74, 6) is -0.479. The first kappa shape index (κ1) is 18.6. The van der Waals surface area contributed by atoms with Gasteiger partial charge in [-0.25, -0.2) is 0 Å². The maximum atomic E-state index is 11.8. The molecule has 3 rings (SSSR count). The third-order valence-corrected chi connectivity index (χ3v) is 5.46. The molecule has 1 fully saturated rings. The van der Waals surface area contributed by atoms with Gasteiger partial charge in [-0.05, 0) is 30.9 Å². The minimum Gasteiger partial charge on any atom is -0.379 e. The number of carbonyl (C=O) groups excluding carboxylic acids is 1. The summed E-state index contributed by atoms with van der Waals surface area (Å²) in [5.41, 5.74) is 6.50. The van der Waals surface area contributed by atoms with Gasteiger partial charge in [-0.2, -0.15) is 10.4 Å². The van der Waals surface area contributed by atoms with Gasteiger partial charge in [-0.3, -0.25) is 9.48 Å². The van der Waals surface area contributed by atoms with Gasteiger partial charge >= 0.3 is 0 Å². The molecular formula is C17H18ClN5O2S. The number of carbonyl (C=O) groups is 1. The summed E-state index contributed by atoms with van der Waals surface area (Å²) >= 11 is 7.65. The number of hydrogen-bond donors (Lipinski definition) is 2. The Balaban J connectivity index is 1.93. The van der Waals surface area contributed by atoms with Gasteiger partial charge in [0.25, 0.3) is 5.91 Å². The van der Waals surface area contributed by atoms with Gasteiger partial charge in [-0.15, -0.1) is 11.8 Å². The number of nitrogens with one attached hydrogen (secondary N) is 1. The number of nitrogens with two attached hydrogens (primary N) is 1. The summed E-state index contributed by atoms with van der Waals surface area (Å²) < 4.78 is 7.07. The first-order valence-corrected chi connectivity index (χ1v) is 9.60. The third-order valence-electron chi connectivity index (χ3n) is 4.24. The van der Waals surface area contributed by atoms with E-state index in [1.165, 1.54) is 11.8 Å². The van der Waals surface area contributed by atoms with E-state index in [0.717, 1.165) is 10.6 Å². The fourth-order valence-corrected chi connectivity index (χ4v) is 3.70. The van der Waals surface area contributed by atoms with Crippen LogP contribution in [0.3, 0.4) is 0 Å². The maximum absolute atomic E-state index is 11.8. The van der Waals surface area contributed by atoms with E-state index in [-0.39, 0.29) is 17.5 Å². The quantitative estimate of drug-likeness (QED) is 0.758. The number of thioether (sulfide) groups is 1. The van der Waals surface area contributed by atoms with Crippen LogP contribution in [0.5, 0.6) is 0 Å². The number of ether oxygens (including phenoxy) is 1. The number of benzene rings is 1. The van der Waals surface area contributed by atoms with E-state index in [0.29, 0.717) is 30.5 Å². The normalized spacial score (nSPS) is 19.7. The molecule has 7 nitrogen and oxygen atoms in total. The number of aromatic nitrogens is 2. The molecule has 2 aromatic rings. The molecule has 2 heterocycles. The van der Waals surface area contributed by atoms with E-state index in [1.54, 1.807) is 23.0 Å². The number of anilines is 2. The maximum Gasteiger partial charge on any atom is 0.254 e. The van der Waals surface area contributed by atoms with Gasteiger partial charge in [0, 0.05) is 23.4 Å². The van der Waals surface area contributed by atoms with Crippen LogP contribution in [0.25, 0.3) is 0 Å². The van der Waals surface area contributed by atoms with Gasteiger partial charge in [0.2, 0.25) is 0 Å². The Labute approximate surface area is 160 Å². The SMILES string of the molecule is CSc1cc(Nc2nn([C@H]3COCC[C@@H]3C#N)cc2C(N)=O)ccc1Cl. The molecular weight excluding hydrogens is 374 g/mol. The third kappa shape index (κ3) is 3.80. The van der Waals surface area contributed by atoms with Gasteiger partial charge in [0.15, 0.2) is 5.82 Å². The average molecular weight is 392 g/mol. The molecule has 0 unspecified atom stereocenters. The molecule has 0 radical (unpaired) electrons. The van der Waals surface area contributed by atoms with Crippen molar-refractivity contribution in [3.05, 3.63) is 35.0 Å². The number of hydrogen-bond acceptors (Lipinski definition) is 6. The lowest BCUT2D eigenvalue weighted by molar-refractivity contribution is 0.0342. The lowest BCUT2D eigenvalue weighted by atomic mass is 9.97. The molecule has 2 atom stereocenters. The molecule has 0 spiro atoms. The molecule has 1 aromatic carbocycles. The molecule has 3 N–H and O–H groups in total. The molecule has 1 aliphatic heterocycles. The van der Waals surface area contributed by atoms with Crippen molar-refractivity contribution < 1.29 is 9.53 Å². The summed E-state index contributed by atoms with van der Waals surface area (Å²) in [6.07, 6.45) is 4.13. The Morgan fingerprint density at radius 1 is 1.58 bits per heavy atom. The molecule has 9 heteroatoms. The second kappa shape index (κ2) is 7.99. The van der Waals surface area contributed by atoms with Gasteiger partial charge in [0.05, 0.1) is 29.7 Å². The van der Waals surface area contributed by atoms with Crippen LogP contribution in [0.4, 0.5) is 11.5 Å². The molecule has 1 saturated heterocycles. The molecule has 1 aromatic heterocycles. The highest BCUT2D eigenvalue weighted by Gasteiger charge is 2.29. The minimum absolute atomic E-state index is 0.226. The van der Waals surface area contributed by atoms with Crippen LogP contribution in [0.2, 0.25) is 5.02 Å². The van der Waals surface area contributed by atoms with Crippen molar-refractivity contribution in [2.45, 2.75) is 17.4 Å². The molecule has 136 valence electrons. The minimum atomic E-state index is -0.594. The number of amides is 1. The van der Waals surface area contributed by atoms with Gasteiger partial charge < -0.3 is 15.8 Å². The van der Waals surface area contributed by atoms with E-state index < -0.39 is 5.91 Å². The van der Waals surface area contributed by atoms with Crippen LogP contribution < -0.4 is 11.1 Å². The summed E-state index contributed by atoms with van der Waals surface area (Å²) in [6.45, 7) is 0.918. The lowest BCUT2D eigenvalue weighted by Gasteiger charge is -2.26. The zero-order valence-electron chi connectivity index (χ0n) is 14.1. The van der Waals surface area contributed by atoms with Crippen LogP contribution in [0.15, 0.2) is 29.3 Å². The number of nitrogens with zero attached hydrogens (tertiary/aromatic N) is 3. The smallest absolute Gasteiger partial charge is 0.254 e. The Kier molecular flexibility index (Phi) is 5.71. The van der Waals surface area contributed by atoms with E-state index in [1.807, 2.05) is 12.3 Å². The predicted octanol–water partition coefficient (Wildman–Crippen LogP) is 3.20. The molecule has 26 heavy (non-hydrogen) atoms. The van der Waals surface area contributed by atoms with E-state index in [9.17, 15) is 10.1 Å². The van der Waals surface area contributed by atoms with Crippen LogP contribution in [0.1, 0.15) is 22.8 Å². The van der Waals surface area contributed by atoms with Gasteiger partial charge in [0.1, 0.15) is 5.56 Å². The summed E-state index contributed by atoms with van der Waals surface area (Å²) in [4.78, 5) is 12.7. The van der Waals surface area contributed by atoms with Crippen LogP contribution in [-0.2, 0) is 4.74 Å². The first-order chi connectivity index (χ1) is 12.5. The van der Waals surface area contributed by atoms with Crippen molar-refractivity contribution in [2.24, 2.45) is 11.7 Å². The Bertz CT molecular complexity index is 863. The summed E-state index contributed by atoms with van der Waals surface area (Å²) in [7, 11) is 0. The number of halogens is 1. The van der Waals surface area contributed by atoms with Crippen molar-refractivity contribution in [1.29, 1.82) is 5.26 Å². The Morgan fingerprint density at radius 3 is 3.08 bits per heavy atom. The zero-order valence-corrected chi connectivity index (χ0v) is 15.7. The number of rotatable bonds is 5.